The first kappa shape index (κ1) is 16.2. The van der Waals surface area contributed by atoms with Crippen LogP contribution in [0.3, 0.4) is 0 Å². The third-order valence-electron chi connectivity index (χ3n) is 2.93. The fraction of sp³-hybridized carbons (Fsp3) is 0.188. The van der Waals surface area contributed by atoms with E-state index < -0.39 is 0 Å². The van der Waals surface area contributed by atoms with Crippen LogP contribution in [0, 0.1) is 13.8 Å². The van der Waals surface area contributed by atoms with E-state index in [1.54, 1.807) is 19.1 Å². The van der Waals surface area contributed by atoms with Crippen LogP contribution in [0.25, 0.3) is 0 Å². The van der Waals surface area contributed by atoms with Crippen molar-refractivity contribution in [2.45, 2.75) is 13.8 Å². The summed E-state index contributed by atoms with van der Waals surface area (Å²) in [4.78, 5) is 20.5. The maximum Gasteiger partial charge on any atom is 0.270 e. The molecule has 1 aromatic carbocycles. The largest absolute Gasteiger partial charge is 0.347 e. The van der Waals surface area contributed by atoms with Crippen LogP contribution in [0.4, 0.5) is 11.5 Å². The standard InChI is InChI=1S/C16H17BrN4O/c1-4-7-18-16(22)14-9-15(20-11(3)19-14)21-13-6-5-12(17)8-10(13)2/h4-6,8-9H,1,7H2,2-3H3,(H,18,22)(H,19,20,21). The maximum absolute atomic E-state index is 12.0. The molecule has 0 unspecified atom stereocenters. The summed E-state index contributed by atoms with van der Waals surface area (Å²) in [5.74, 6) is 0.867. The van der Waals surface area contributed by atoms with Crippen LogP contribution in [0.15, 0.2) is 41.4 Å². The fourth-order valence-electron chi connectivity index (χ4n) is 1.91. The van der Waals surface area contributed by atoms with E-state index in [9.17, 15) is 4.79 Å². The average Bonchev–Trinajstić information content (AvgIpc) is 2.47. The normalized spacial score (nSPS) is 10.1. The summed E-state index contributed by atoms with van der Waals surface area (Å²) in [5.41, 5.74) is 2.33. The van der Waals surface area contributed by atoms with Gasteiger partial charge in [-0.05, 0) is 37.6 Å². The van der Waals surface area contributed by atoms with Crippen LogP contribution in [-0.2, 0) is 0 Å². The smallest absolute Gasteiger partial charge is 0.270 e. The highest BCUT2D eigenvalue weighted by molar-refractivity contribution is 9.10. The topological polar surface area (TPSA) is 66.9 Å². The van der Waals surface area contributed by atoms with Gasteiger partial charge in [-0.2, -0.15) is 0 Å². The Morgan fingerprint density at radius 1 is 1.32 bits per heavy atom. The van der Waals surface area contributed by atoms with Crippen molar-refractivity contribution in [3.05, 3.63) is 58.5 Å². The molecule has 0 saturated carbocycles. The highest BCUT2D eigenvalue weighted by Crippen LogP contribution is 2.23. The van der Waals surface area contributed by atoms with Gasteiger partial charge in [-0.25, -0.2) is 9.97 Å². The predicted octanol–water partition coefficient (Wildman–Crippen LogP) is 3.52. The maximum atomic E-state index is 12.0. The zero-order valence-corrected chi connectivity index (χ0v) is 14.1. The van der Waals surface area contributed by atoms with Gasteiger partial charge in [0.2, 0.25) is 0 Å². The second-order valence-corrected chi connectivity index (χ2v) is 5.68. The van der Waals surface area contributed by atoms with E-state index in [2.05, 4.69) is 43.1 Å². The molecule has 0 spiro atoms. The summed E-state index contributed by atoms with van der Waals surface area (Å²) in [7, 11) is 0. The van der Waals surface area contributed by atoms with Crippen LogP contribution < -0.4 is 10.6 Å². The summed E-state index contributed by atoms with van der Waals surface area (Å²) in [6, 6.07) is 7.54. The third-order valence-corrected chi connectivity index (χ3v) is 3.42. The number of anilines is 2. The van der Waals surface area contributed by atoms with Gasteiger partial charge in [0.15, 0.2) is 0 Å². The molecule has 6 heteroatoms. The Balaban J connectivity index is 2.26. The van der Waals surface area contributed by atoms with Crippen molar-refractivity contribution in [1.82, 2.24) is 15.3 Å². The minimum absolute atomic E-state index is 0.249. The molecule has 0 aliphatic carbocycles. The van der Waals surface area contributed by atoms with Gasteiger partial charge in [0.05, 0.1) is 0 Å². The summed E-state index contributed by atoms with van der Waals surface area (Å²) in [6.45, 7) is 7.72. The predicted molar refractivity (Wildman–Crippen MR) is 91.5 cm³/mol. The van der Waals surface area contributed by atoms with Crippen LogP contribution in [0.2, 0.25) is 0 Å². The van der Waals surface area contributed by atoms with Gasteiger partial charge in [-0.3, -0.25) is 4.79 Å². The molecule has 0 saturated heterocycles. The van der Waals surface area contributed by atoms with E-state index in [-0.39, 0.29) is 5.91 Å². The summed E-state index contributed by atoms with van der Waals surface area (Å²) >= 11 is 3.43. The molecule has 22 heavy (non-hydrogen) atoms. The molecule has 1 heterocycles. The molecule has 1 amide bonds. The Morgan fingerprint density at radius 2 is 2.09 bits per heavy atom. The number of nitrogens with one attached hydrogen (secondary N) is 2. The Labute approximate surface area is 138 Å². The van der Waals surface area contributed by atoms with Crippen molar-refractivity contribution in [3.63, 3.8) is 0 Å². The van der Waals surface area contributed by atoms with E-state index >= 15 is 0 Å². The van der Waals surface area contributed by atoms with Gasteiger partial charge in [0.1, 0.15) is 17.3 Å². The van der Waals surface area contributed by atoms with Crippen molar-refractivity contribution in [1.29, 1.82) is 0 Å². The van der Waals surface area contributed by atoms with Crippen LogP contribution in [-0.4, -0.2) is 22.4 Å². The highest BCUT2D eigenvalue weighted by atomic mass is 79.9. The van der Waals surface area contributed by atoms with E-state index in [0.717, 1.165) is 15.7 Å². The molecule has 2 aromatic rings. The highest BCUT2D eigenvalue weighted by Gasteiger charge is 2.10. The Kier molecular flexibility index (Phi) is 5.27. The van der Waals surface area contributed by atoms with Gasteiger partial charge in [-0.1, -0.05) is 22.0 Å². The number of aromatic nitrogens is 2. The molecule has 5 nitrogen and oxygen atoms in total. The number of halogens is 1. The van der Waals surface area contributed by atoms with Gasteiger partial charge >= 0.3 is 0 Å². The summed E-state index contributed by atoms with van der Waals surface area (Å²) in [6.07, 6.45) is 1.62. The number of hydrogen-bond donors (Lipinski definition) is 2. The first-order valence-electron chi connectivity index (χ1n) is 6.77. The van der Waals surface area contributed by atoms with Gasteiger partial charge in [-0.15, -0.1) is 6.58 Å². The van der Waals surface area contributed by atoms with Crippen molar-refractivity contribution >= 4 is 33.3 Å². The lowest BCUT2D eigenvalue weighted by Crippen LogP contribution is -2.24. The van der Waals surface area contributed by atoms with Crippen LogP contribution >= 0.6 is 15.9 Å². The van der Waals surface area contributed by atoms with Crippen molar-refractivity contribution in [3.8, 4) is 0 Å². The molecule has 0 bridgehead atoms. The van der Waals surface area contributed by atoms with E-state index in [1.807, 2.05) is 25.1 Å². The molecular weight excluding hydrogens is 344 g/mol. The zero-order chi connectivity index (χ0) is 16.1. The number of rotatable bonds is 5. The lowest BCUT2D eigenvalue weighted by atomic mass is 10.2. The quantitative estimate of drug-likeness (QED) is 0.800. The Bertz CT molecular complexity index is 715. The lowest BCUT2D eigenvalue weighted by Gasteiger charge is -2.11. The Hall–Kier alpha value is -2.21. The van der Waals surface area contributed by atoms with Gasteiger partial charge in [0.25, 0.3) is 5.91 Å². The second kappa shape index (κ2) is 7.17. The minimum Gasteiger partial charge on any atom is -0.347 e. The minimum atomic E-state index is -0.249. The third kappa shape index (κ3) is 4.14. The molecule has 2 rings (SSSR count). The first-order valence-corrected chi connectivity index (χ1v) is 7.57. The Morgan fingerprint density at radius 3 is 2.77 bits per heavy atom. The molecule has 0 aliphatic rings. The van der Waals surface area contributed by atoms with Gasteiger partial charge in [0, 0.05) is 22.8 Å². The molecule has 2 N–H and O–H groups in total. The number of benzene rings is 1. The zero-order valence-electron chi connectivity index (χ0n) is 12.5. The number of amides is 1. The van der Waals surface area contributed by atoms with Crippen LogP contribution in [0.5, 0.6) is 0 Å². The molecule has 0 aliphatic heterocycles. The van der Waals surface area contributed by atoms with E-state index in [4.69, 9.17) is 0 Å². The van der Waals surface area contributed by atoms with E-state index in [0.29, 0.717) is 23.9 Å². The monoisotopic (exact) mass is 360 g/mol. The molecule has 0 fully saturated rings. The number of nitrogens with zero attached hydrogens (tertiary/aromatic N) is 2. The molecule has 0 radical (unpaired) electrons. The number of carbonyl (C=O) groups is 1. The average molecular weight is 361 g/mol. The summed E-state index contributed by atoms with van der Waals surface area (Å²) in [5, 5.41) is 5.92. The van der Waals surface area contributed by atoms with Crippen molar-refractivity contribution < 1.29 is 4.79 Å². The number of hydrogen-bond acceptors (Lipinski definition) is 4. The summed E-state index contributed by atoms with van der Waals surface area (Å²) < 4.78 is 1.01. The van der Waals surface area contributed by atoms with E-state index in [1.165, 1.54) is 0 Å². The SMILES string of the molecule is C=CCNC(=O)c1cc(Nc2ccc(Br)cc2C)nc(C)n1. The van der Waals surface area contributed by atoms with Crippen LogP contribution in [0.1, 0.15) is 21.9 Å². The molecular formula is C16H17BrN4O. The molecule has 1 aromatic heterocycles. The molecule has 114 valence electrons. The second-order valence-electron chi connectivity index (χ2n) is 4.77. The van der Waals surface area contributed by atoms with Crippen molar-refractivity contribution in [2.75, 3.05) is 11.9 Å². The van der Waals surface area contributed by atoms with Gasteiger partial charge < -0.3 is 10.6 Å². The molecule has 0 atom stereocenters. The first-order chi connectivity index (χ1) is 10.5. The fourth-order valence-corrected chi connectivity index (χ4v) is 2.38. The number of carbonyl (C=O) groups excluding carboxylic acids is 1. The van der Waals surface area contributed by atoms with Crippen molar-refractivity contribution in [2.24, 2.45) is 0 Å². The number of aryl methyl sites for hydroxylation is 2. The lowest BCUT2D eigenvalue weighted by molar-refractivity contribution is 0.0952.